The van der Waals surface area contributed by atoms with Gasteiger partial charge >= 0.3 is 0 Å². The molecule has 0 unspecified atom stereocenters. The highest BCUT2D eigenvalue weighted by atomic mass is 35.5. The van der Waals surface area contributed by atoms with E-state index in [4.69, 9.17) is 10.5 Å². The summed E-state index contributed by atoms with van der Waals surface area (Å²) in [5, 5.41) is 2.10. The third-order valence-corrected chi connectivity index (χ3v) is 1.62. The predicted octanol–water partition coefficient (Wildman–Crippen LogP) is 0.933. The fourth-order valence-electron chi connectivity index (χ4n) is 0.776. The highest BCUT2D eigenvalue weighted by Gasteiger charge is 2.26. The van der Waals surface area contributed by atoms with Crippen LogP contribution in [-0.4, -0.2) is 37.6 Å². The molecule has 7 heteroatoms. The van der Waals surface area contributed by atoms with Gasteiger partial charge in [-0.3, -0.25) is 4.79 Å². The van der Waals surface area contributed by atoms with Gasteiger partial charge in [0.1, 0.15) is 0 Å². The molecule has 16 heavy (non-hydrogen) atoms. The number of carbonyl (C=O) groups is 1. The number of alkyl halides is 2. The van der Waals surface area contributed by atoms with Crippen molar-refractivity contribution in [2.24, 2.45) is 5.73 Å². The average molecular weight is 261 g/mol. The first-order valence-corrected chi connectivity index (χ1v) is 4.83. The van der Waals surface area contributed by atoms with Crippen LogP contribution in [-0.2, 0) is 9.53 Å². The topological polar surface area (TPSA) is 64.3 Å². The summed E-state index contributed by atoms with van der Waals surface area (Å²) in [7, 11) is 0. The molecule has 0 aliphatic rings. The fourth-order valence-corrected chi connectivity index (χ4v) is 0.776. The Labute approximate surface area is 100 Å². The Morgan fingerprint density at radius 1 is 1.50 bits per heavy atom. The third kappa shape index (κ3) is 10.1. The summed E-state index contributed by atoms with van der Waals surface area (Å²) >= 11 is 0. The lowest BCUT2D eigenvalue weighted by Crippen LogP contribution is -2.41. The van der Waals surface area contributed by atoms with Gasteiger partial charge in [-0.05, 0) is 13.8 Å². The molecule has 0 bridgehead atoms. The number of hydrogen-bond acceptors (Lipinski definition) is 3. The molecule has 98 valence electrons. The van der Waals surface area contributed by atoms with Crippen LogP contribution in [0.5, 0.6) is 0 Å². The van der Waals surface area contributed by atoms with Crippen LogP contribution in [0.2, 0.25) is 0 Å². The summed E-state index contributed by atoms with van der Waals surface area (Å²) in [6.45, 7) is 2.42. The molecular weight excluding hydrogens is 242 g/mol. The minimum Gasteiger partial charge on any atom is -0.378 e. The Morgan fingerprint density at radius 2 is 2.06 bits per heavy atom. The number of nitrogens with two attached hydrogens (primary N) is 1. The Kier molecular flexibility index (Phi) is 9.70. The van der Waals surface area contributed by atoms with Crippen molar-refractivity contribution in [1.29, 1.82) is 0 Å². The van der Waals surface area contributed by atoms with Crippen LogP contribution in [0.4, 0.5) is 8.78 Å². The quantitative estimate of drug-likeness (QED) is 0.716. The van der Waals surface area contributed by atoms with Gasteiger partial charge in [0.25, 0.3) is 5.92 Å². The summed E-state index contributed by atoms with van der Waals surface area (Å²) in [4.78, 5) is 11.0. The van der Waals surface area contributed by atoms with Crippen molar-refractivity contribution in [3.63, 3.8) is 0 Å². The van der Waals surface area contributed by atoms with Crippen molar-refractivity contribution < 1.29 is 18.3 Å². The van der Waals surface area contributed by atoms with E-state index in [1.54, 1.807) is 0 Å². The standard InChI is InChI=1S/C9H18F2N2O2.ClH/c1-7(2)15-4-3-8(14)13-6-9(10,11)5-12;/h7H,3-6,12H2,1-2H3,(H,13,14);1H. The van der Waals surface area contributed by atoms with Crippen LogP contribution >= 0.6 is 12.4 Å². The molecule has 0 atom stereocenters. The van der Waals surface area contributed by atoms with Crippen molar-refractivity contribution in [3.8, 4) is 0 Å². The van der Waals surface area contributed by atoms with Gasteiger partial charge in [-0.1, -0.05) is 0 Å². The summed E-state index contributed by atoms with van der Waals surface area (Å²) in [6.07, 6.45) is 0.113. The molecule has 0 saturated heterocycles. The Morgan fingerprint density at radius 3 is 2.50 bits per heavy atom. The zero-order valence-corrected chi connectivity index (χ0v) is 10.3. The maximum atomic E-state index is 12.6. The van der Waals surface area contributed by atoms with Crippen molar-refractivity contribution in [1.82, 2.24) is 5.32 Å². The van der Waals surface area contributed by atoms with E-state index in [2.05, 4.69) is 5.32 Å². The monoisotopic (exact) mass is 260 g/mol. The first-order valence-electron chi connectivity index (χ1n) is 4.83. The average Bonchev–Trinajstić information content (AvgIpc) is 2.14. The minimum atomic E-state index is -3.03. The Balaban J connectivity index is 0. The zero-order valence-electron chi connectivity index (χ0n) is 9.46. The third-order valence-electron chi connectivity index (χ3n) is 1.62. The van der Waals surface area contributed by atoms with Gasteiger partial charge in [0.05, 0.1) is 25.8 Å². The highest BCUT2D eigenvalue weighted by Crippen LogP contribution is 2.08. The molecule has 0 heterocycles. The normalized spacial score (nSPS) is 11.1. The first kappa shape index (κ1) is 17.9. The molecule has 0 saturated carbocycles. The molecule has 0 radical (unpaired) electrons. The van der Waals surface area contributed by atoms with Gasteiger partial charge in [0.2, 0.25) is 5.91 Å². The number of carbonyl (C=O) groups excluding carboxylic acids is 1. The molecule has 0 fully saturated rings. The van der Waals surface area contributed by atoms with E-state index in [1.807, 2.05) is 13.8 Å². The maximum Gasteiger partial charge on any atom is 0.277 e. The second kappa shape index (κ2) is 8.66. The van der Waals surface area contributed by atoms with Gasteiger partial charge in [0.15, 0.2) is 0 Å². The smallest absolute Gasteiger partial charge is 0.277 e. The minimum absolute atomic E-state index is 0. The van der Waals surface area contributed by atoms with E-state index >= 15 is 0 Å². The fraction of sp³-hybridized carbons (Fsp3) is 0.889. The largest absolute Gasteiger partial charge is 0.378 e. The first-order chi connectivity index (χ1) is 6.87. The molecule has 0 aliphatic heterocycles. The van der Waals surface area contributed by atoms with Crippen molar-refractivity contribution in [2.45, 2.75) is 32.3 Å². The van der Waals surface area contributed by atoms with Gasteiger partial charge in [-0.25, -0.2) is 8.78 Å². The Bertz CT molecular complexity index is 204. The van der Waals surface area contributed by atoms with E-state index in [-0.39, 0.29) is 31.5 Å². The molecule has 0 aromatic heterocycles. The van der Waals surface area contributed by atoms with Gasteiger partial charge < -0.3 is 15.8 Å². The van der Waals surface area contributed by atoms with Gasteiger partial charge in [-0.15, -0.1) is 12.4 Å². The number of ether oxygens (including phenoxy) is 1. The van der Waals surface area contributed by atoms with Crippen LogP contribution in [0.3, 0.4) is 0 Å². The molecule has 0 aliphatic carbocycles. The lowest BCUT2D eigenvalue weighted by Gasteiger charge is -2.14. The summed E-state index contributed by atoms with van der Waals surface area (Å²) in [6, 6.07) is 0. The SMILES string of the molecule is CC(C)OCCC(=O)NCC(F)(F)CN.Cl. The number of rotatable bonds is 7. The van der Waals surface area contributed by atoms with Crippen LogP contribution in [0, 0.1) is 0 Å². The molecule has 0 rings (SSSR count). The highest BCUT2D eigenvalue weighted by molar-refractivity contribution is 5.85. The second-order valence-electron chi connectivity index (χ2n) is 3.51. The van der Waals surface area contributed by atoms with E-state index in [9.17, 15) is 13.6 Å². The summed E-state index contributed by atoms with van der Waals surface area (Å²) in [5.74, 6) is -3.49. The maximum absolute atomic E-state index is 12.6. The van der Waals surface area contributed by atoms with Crippen molar-refractivity contribution >= 4 is 18.3 Å². The zero-order chi connectivity index (χ0) is 11.9. The van der Waals surface area contributed by atoms with Crippen LogP contribution in [0.25, 0.3) is 0 Å². The van der Waals surface area contributed by atoms with Crippen LogP contribution in [0.1, 0.15) is 20.3 Å². The Hall–Kier alpha value is -0.460. The number of halogens is 3. The molecule has 4 nitrogen and oxygen atoms in total. The van der Waals surface area contributed by atoms with Crippen LogP contribution in [0.15, 0.2) is 0 Å². The molecule has 3 N–H and O–H groups in total. The number of amides is 1. The second-order valence-corrected chi connectivity index (χ2v) is 3.51. The van der Waals surface area contributed by atoms with Gasteiger partial charge in [0, 0.05) is 6.42 Å². The molecule has 0 aromatic carbocycles. The van der Waals surface area contributed by atoms with E-state index in [0.29, 0.717) is 0 Å². The lowest BCUT2D eigenvalue weighted by atomic mass is 10.3. The van der Waals surface area contributed by atoms with Crippen molar-refractivity contribution in [2.75, 3.05) is 19.7 Å². The van der Waals surface area contributed by atoms with E-state index in [0.717, 1.165) is 0 Å². The molecule has 0 aromatic rings. The number of hydrogen-bond donors (Lipinski definition) is 2. The van der Waals surface area contributed by atoms with Crippen LogP contribution < -0.4 is 11.1 Å². The molecular formula is C9H19ClF2N2O2. The van der Waals surface area contributed by atoms with Crippen molar-refractivity contribution in [3.05, 3.63) is 0 Å². The van der Waals surface area contributed by atoms with E-state index < -0.39 is 24.9 Å². The summed E-state index contributed by atoms with van der Waals surface area (Å²) in [5.41, 5.74) is 4.81. The molecule has 1 amide bonds. The number of nitrogens with one attached hydrogen (secondary N) is 1. The summed E-state index contributed by atoms with van der Waals surface area (Å²) < 4.78 is 30.3. The van der Waals surface area contributed by atoms with Gasteiger partial charge in [-0.2, -0.15) is 0 Å². The molecule has 0 spiro atoms. The lowest BCUT2D eigenvalue weighted by molar-refractivity contribution is -0.124. The van der Waals surface area contributed by atoms with E-state index in [1.165, 1.54) is 0 Å². The predicted molar refractivity (Wildman–Crippen MR) is 60.0 cm³/mol.